The standard InChI is InChI=1S/C18H24N4O2/c1-3-13(2)24-17-9-14(6-7-19-17)18(23)22-8-4-5-15(12-22)16-10-20-21-11-16/h6-7,9-11,13,15H,3-5,8,12H2,1-2H3,(H,20,21)/t13-,15-/m1/s1. The van der Waals surface area contributed by atoms with Gasteiger partial charge in [0.2, 0.25) is 5.88 Å². The first-order valence-electron chi connectivity index (χ1n) is 8.58. The summed E-state index contributed by atoms with van der Waals surface area (Å²) in [5.74, 6) is 0.900. The Bertz CT molecular complexity index is 671. The van der Waals surface area contributed by atoms with E-state index in [-0.39, 0.29) is 12.0 Å². The van der Waals surface area contributed by atoms with Crippen LogP contribution in [0.1, 0.15) is 54.9 Å². The predicted octanol–water partition coefficient (Wildman–Crippen LogP) is 3.00. The van der Waals surface area contributed by atoms with E-state index in [1.165, 1.54) is 5.56 Å². The third kappa shape index (κ3) is 3.75. The quantitative estimate of drug-likeness (QED) is 0.916. The minimum absolute atomic E-state index is 0.0413. The van der Waals surface area contributed by atoms with Crippen molar-refractivity contribution in [1.29, 1.82) is 0 Å². The van der Waals surface area contributed by atoms with E-state index in [9.17, 15) is 4.79 Å². The van der Waals surface area contributed by atoms with Crippen molar-refractivity contribution in [3.05, 3.63) is 41.9 Å². The molecule has 0 aromatic carbocycles. The van der Waals surface area contributed by atoms with Crippen LogP contribution >= 0.6 is 0 Å². The second kappa shape index (κ2) is 7.47. The number of aromatic nitrogens is 3. The summed E-state index contributed by atoms with van der Waals surface area (Å²) in [6.07, 6.45) is 8.49. The summed E-state index contributed by atoms with van der Waals surface area (Å²) < 4.78 is 5.73. The van der Waals surface area contributed by atoms with Gasteiger partial charge in [0.15, 0.2) is 0 Å². The van der Waals surface area contributed by atoms with Gasteiger partial charge in [0.1, 0.15) is 0 Å². The number of nitrogens with zero attached hydrogens (tertiary/aromatic N) is 3. The summed E-state index contributed by atoms with van der Waals surface area (Å²) in [5, 5.41) is 6.88. The number of aromatic amines is 1. The minimum atomic E-state index is 0.0413. The molecule has 1 N–H and O–H groups in total. The summed E-state index contributed by atoms with van der Waals surface area (Å²) in [6.45, 7) is 5.57. The van der Waals surface area contributed by atoms with E-state index in [1.807, 2.05) is 24.2 Å². The Balaban J connectivity index is 1.70. The molecule has 128 valence electrons. The third-order valence-electron chi connectivity index (χ3n) is 4.58. The summed E-state index contributed by atoms with van der Waals surface area (Å²) in [5.41, 5.74) is 1.80. The molecule has 1 aliphatic rings. The van der Waals surface area contributed by atoms with Gasteiger partial charge in [-0.05, 0) is 37.8 Å². The van der Waals surface area contributed by atoms with E-state index >= 15 is 0 Å². The second-order valence-electron chi connectivity index (χ2n) is 6.34. The maximum Gasteiger partial charge on any atom is 0.254 e. The van der Waals surface area contributed by atoms with Gasteiger partial charge in [0.05, 0.1) is 12.3 Å². The van der Waals surface area contributed by atoms with Crippen LogP contribution in [0.2, 0.25) is 0 Å². The molecule has 3 heterocycles. The van der Waals surface area contributed by atoms with Crippen molar-refractivity contribution in [1.82, 2.24) is 20.1 Å². The van der Waals surface area contributed by atoms with Gasteiger partial charge < -0.3 is 9.64 Å². The average Bonchev–Trinajstić information content (AvgIpc) is 3.16. The van der Waals surface area contributed by atoms with E-state index < -0.39 is 0 Å². The smallest absolute Gasteiger partial charge is 0.254 e. The number of rotatable bonds is 5. The molecule has 3 rings (SSSR count). The Hall–Kier alpha value is -2.37. The monoisotopic (exact) mass is 328 g/mol. The maximum atomic E-state index is 12.8. The predicted molar refractivity (Wildman–Crippen MR) is 91.1 cm³/mol. The van der Waals surface area contributed by atoms with Crippen molar-refractivity contribution >= 4 is 5.91 Å². The first-order chi connectivity index (χ1) is 11.7. The van der Waals surface area contributed by atoms with Crippen LogP contribution in [0.25, 0.3) is 0 Å². The first kappa shape index (κ1) is 16.5. The molecule has 2 aromatic heterocycles. The molecule has 0 unspecified atom stereocenters. The van der Waals surface area contributed by atoms with Crippen LogP contribution in [0.4, 0.5) is 0 Å². The molecule has 0 radical (unpaired) electrons. The summed E-state index contributed by atoms with van der Waals surface area (Å²) >= 11 is 0. The molecule has 6 heteroatoms. The zero-order chi connectivity index (χ0) is 16.9. The van der Waals surface area contributed by atoms with E-state index in [0.29, 0.717) is 17.4 Å². The highest BCUT2D eigenvalue weighted by Crippen LogP contribution is 2.27. The van der Waals surface area contributed by atoms with Crippen molar-refractivity contribution < 1.29 is 9.53 Å². The fourth-order valence-corrected chi connectivity index (χ4v) is 3.00. The fraction of sp³-hybridized carbons (Fsp3) is 0.500. The number of hydrogen-bond donors (Lipinski definition) is 1. The van der Waals surface area contributed by atoms with Gasteiger partial charge in [-0.15, -0.1) is 0 Å². The van der Waals surface area contributed by atoms with Crippen LogP contribution in [-0.4, -0.2) is 45.2 Å². The molecule has 1 saturated heterocycles. The van der Waals surface area contributed by atoms with Gasteiger partial charge in [0.25, 0.3) is 5.91 Å². The van der Waals surface area contributed by atoms with Crippen LogP contribution in [-0.2, 0) is 0 Å². The number of hydrogen-bond acceptors (Lipinski definition) is 4. The van der Waals surface area contributed by atoms with E-state index in [1.54, 1.807) is 18.3 Å². The highest BCUT2D eigenvalue weighted by molar-refractivity contribution is 5.94. The number of piperidine rings is 1. The normalized spacial score (nSPS) is 19.1. The lowest BCUT2D eigenvalue weighted by Crippen LogP contribution is -2.39. The molecule has 6 nitrogen and oxygen atoms in total. The molecule has 0 saturated carbocycles. The van der Waals surface area contributed by atoms with Crippen molar-refractivity contribution in [3.63, 3.8) is 0 Å². The number of carbonyl (C=O) groups is 1. The fourth-order valence-electron chi connectivity index (χ4n) is 3.00. The molecule has 0 spiro atoms. The lowest BCUT2D eigenvalue weighted by Gasteiger charge is -2.32. The van der Waals surface area contributed by atoms with Crippen LogP contribution in [0.5, 0.6) is 5.88 Å². The Kier molecular flexibility index (Phi) is 5.13. The molecule has 0 bridgehead atoms. The Morgan fingerprint density at radius 3 is 3.17 bits per heavy atom. The third-order valence-corrected chi connectivity index (χ3v) is 4.58. The lowest BCUT2D eigenvalue weighted by molar-refractivity contribution is 0.0706. The Morgan fingerprint density at radius 2 is 2.42 bits per heavy atom. The molecule has 2 atom stereocenters. The number of pyridine rings is 1. The zero-order valence-electron chi connectivity index (χ0n) is 14.2. The number of likely N-dealkylation sites (tertiary alicyclic amines) is 1. The molecule has 0 aliphatic carbocycles. The molecule has 1 amide bonds. The van der Waals surface area contributed by atoms with Gasteiger partial charge in [-0.25, -0.2) is 4.98 Å². The van der Waals surface area contributed by atoms with Crippen molar-refractivity contribution in [3.8, 4) is 5.88 Å². The molecular formula is C18H24N4O2. The van der Waals surface area contributed by atoms with Gasteiger partial charge in [-0.3, -0.25) is 9.89 Å². The minimum Gasteiger partial charge on any atom is -0.475 e. The lowest BCUT2D eigenvalue weighted by atomic mass is 9.92. The van der Waals surface area contributed by atoms with Crippen molar-refractivity contribution in [2.24, 2.45) is 0 Å². The highest BCUT2D eigenvalue weighted by atomic mass is 16.5. The van der Waals surface area contributed by atoms with Crippen LogP contribution in [0.15, 0.2) is 30.7 Å². The number of carbonyl (C=O) groups excluding carboxylic acids is 1. The van der Waals surface area contributed by atoms with Crippen LogP contribution in [0.3, 0.4) is 0 Å². The van der Waals surface area contributed by atoms with E-state index in [2.05, 4.69) is 22.1 Å². The van der Waals surface area contributed by atoms with Gasteiger partial charge in [-0.1, -0.05) is 6.92 Å². The Morgan fingerprint density at radius 1 is 1.54 bits per heavy atom. The maximum absolute atomic E-state index is 12.8. The topological polar surface area (TPSA) is 71.1 Å². The summed E-state index contributed by atoms with van der Waals surface area (Å²) in [7, 11) is 0. The molecule has 1 fully saturated rings. The Labute approximate surface area is 142 Å². The van der Waals surface area contributed by atoms with Crippen LogP contribution < -0.4 is 4.74 Å². The highest BCUT2D eigenvalue weighted by Gasteiger charge is 2.26. The SMILES string of the molecule is CC[C@@H](C)Oc1cc(C(=O)N2CCC[C@@H](c3cn[nH]c3)C2)ccn1. The molecule has 1 aliphatic heterocycles. The van der Waals surface area contributed by atoms with Crippen molar-refractivity contribution in [2.75, 3.05) is 13.1 Å². The molecule has 2 aromatic rings. The van der Waals surface area contributed by atoms with Gasteiger partial charge in [0, 0.05) is 43.0 Å². The van der Waals surface area contributed by atoms with Gasteiger partial charge >= 0.3 is 0 Å². The van der Waals surface area contributed by atoms with E-state index in [0.717, 1.165) is 32.4 Å². The number of H-pyrrole nitrogens is 1. The van der Waals surface area contributed by atoms with Gasteiger partial charge in [-0.2, -0.15) is 5.10 Å². The first-order valence-corrected chi connectivity index (χ1v) is 8.58. The molecule has 24 heavy (non-hydrogen) atoms. The average molecular weight is 328 g/mol. The zero-order valence-corrected chi connectivity index (χ0v) is 14.2. The number of nitrogens with one attached hydrogen (secondary N) is 1. The molecular weight excluding hydrogens is 304 g/mol. The van der Waals surface area contributed by atoms with Crippen LogP contribution in [0, 0.1) is 0 Å². The summed E-state index contributed by atoms with van der Waals surface area (Å²) in [4.78, 5) is 19.0. The largest absolute Gasteiger partial charge is 0.475 e. The number of ether oxygens (including phenoxy) is 1. The number of amides is 1. The second-order valence-corrected chi connectivity index (χ2v) is 6.34. The summed E-state index contributed by atoms with van der Waals surface area (Å²) in [6, 6.07) is 3.50. The van der Waals surface area contributed by atoms with E-state index in [4.69, 9.17) is 4.74 Å². The van der Waals surface area contributed by atoms with Crippen molar-refractivity contribution in [2.45, 2.75) is 45.1 Å².